The monoisotopic (exact) mass is 295 g/mol. The van der Waals surface area contributed by atoms with Gasteiger partial charge in [-0.15, -0.1) is 11.6 Å². The zero-order valence-corrected chi connectivity index (χ0v) is 12.8. The summed E-state index contributed by atoms with van der Waals surface area (Å²) in [6, 6.07) is 8.13. The molecule has 2 atom stereocenters. The van der Waals surface area contributed by atoms with Crippen LogP contribution >= 0.6 is 11.6 Å². The van der Waals surface area contributed by atoms with Gasteiger partial charge in [-0.05, 0) is 31.5 Å². The highest BCUT2D eigenvalue weighted by Gasteiger charge is 2.21. The lowest BCUT2D eigenvalue weighted by Crippen LogP contribution is -2.44. The molecule has 4 nitrogen and oxygen atoms in total. The van der Waals surface area contributed by atoms with Gasteiger partial charge in [0.25, 0.3) is 0 Å². The minimum absolute atomic E-state index is 0.255. The molecule has 1 aliphatic heterocycles. The Kier molecular flexibility index (Phi) is 5.40. The van der Waals surface area contributed by atoms with Gasteiger partial charge in [0, 0.05) is 19.6 Å². The first-order valence-corrected chi connectivity index (χ1v) is 7.46. The van der Waals surface area contributed by atoms with Crippen LogP contribution in [0, 0.1) is 0 Å². The van der Waals surface area contributed by atoms with Crippen LogP contribution in [-0.4, -0.2) is 41.9 Å². The second-order valence-electron chi connectivity index (χ2n) is 5.35. The number of alkyl halides is 1. The maximum Gasteiger partial charge on any atom is 0.115 e. The zero-order valence-electron chi connectivity index (χ0n) is 12.1. The van der Waals surface area contributed by atoms with Crippen LogP contribution in [0.2, 0.25) is 0 Å². The Balaban J connectivity index is 1.97. The van der Waals surface area contributed by atoms with E-state index in [1.54, 1.807) is 0 Å². The fourth-order valence-corrected chi connectivity index (χ4v) is 2.60. The fraction of sp³-hybridized carbons (Fsp3) is 0.533. The zero-order chi connectivity index (χ0) is 14.5. The van der Waals surface area contributed by atoms with E-state index >= 15 is 0 Å². The first kappa shape index (κ1) is 15.3. The van der Waals surface area contributed by atoms with E-state index in [1.165, 1.54) is 5.56 Å². The highest BCUT2D eigenvalue weighted by molar-refractivity contribution is 6.28. The van der Waals surface area contributed by atoms with Gasteiger partial charge in [-0.1, -0.05) is 12.1 Å². The molecule has 0 bridgehead atoms. The number of nitrogens with zero attached hydrogens (tertiary/aromatic N) is 2. The molecule has 2 N–H and O–H groups in total. The molecular weight excluding hydrogens is 274 g/mol. The van der Waals surface area contributed by atoms with Crippen molar-refractivity contribution in [2.75, 3.05) is 19.0 Å². The van der Waals surface area contributed by atoms with Crippen LogP contribution in [0.1, 0.15) is 19.4 Å². The van der Waals surface area contributed by atoms with E-state index in [0.717, 1.165) is 25.3 Å². The summed E-state index contributed by atoms with van der Waals surface area (Å²) < 4.78 is 5.74. The first-order valence-electron chi connectivity index (χ1n) is 6.92. The third kappa shape index (κ3) is 4.47. The average Bonchev–Trinajstić information content (AvgIpc) is 2.39. The number of halogens is 1. The molecular formula is C15H22ClN3O. The van der Waals surface area contributed by atoms with E-state index in [4.69, 9.17) is 22.1 Å². The normalized spacial score (nSPS) is 24.9. The van der Waals surface area contributed by atoms with Crippen LogP contribution in [0.25, 0.3) is 0 Å². The SMILES string of the molecule is CC1CN(Cc2ccc(N=C(N)CCl)cc2)CC(C)O1. The van der Waals surface area contributed by atoms with Gasteiger partial charge in [0.15, 0.2) is 0 Å². The molecule has 110 valence electrons. The summed E-state index contributed by atoms with van der Waals surface area (Å²) in [7, 11) is 0. The summed E-state index contributed by atoms with van der Waals surface area (Å²) >= 11 is 5.61. The van der Waals surface area contributed by atoms with Crippen molar-refractivity contribution in [3.63, 3.8) is 0 Å². The molecule has 0 aliphatic carbocycles. The number of hydrogen-bond acceptors (Lipinski definition) is 3. The number of aliphatic imine (C=N–C) groups is 1. The number of nitrogens with two attached hydrogens (primary N) is 1. The number of hydrogen-bond donors (Lipinski definition) is 1. The van der Waals surface area contributed by atoms with Gasteiger partial charge in [-0.25, -0.2) is 4.99 Å². The third-order valence-corrected chi connectivity index (χ3v) is 3.52. The molecule has 0 aromatic heterocycles. The summed E-state index contributed by atoms with van der Waals surface area (Å²) in [5.41, 5.74) is 7.73. The van der Waals surface area contributed by atoms with Gasteiger partial charge >= 0.3 is 0 Å². The van der Waals surface area contributed by atoms with Crippen LogP contribution in [0.5, 0.6) is 0 Å². The quantitative estimate of drug-likeness (QED) is 0.527. The second-order valence-corrected chi connectivity index (χ2v) is 5.62. The maximum absolute atomic E-state index is 5.74. The van der Waals surface area contributed by atoms with Crippen molar-refractivity contribution in [2.24, 2.45) is 10.7 Å². The number of rotatable bonds is 4. The first-order chi connectivity index (χ1) is 9.56. The molecule has 1 heterocycles. The summed E-state index contributed by atoms with van der Waals surface area (Å²) in [6.07, 6.45) is 0.595. The molecule has 1 aliphatic rings. The van der Waals surface area contributed by atoms with Crippen molar-refractivity contribution in [2.45, 2.75) is 32.6 Å². The number of ether oxygens (including phenoxy) is 1. The molecule has 0 saturated carbocycles. The Morgan fingerprint density at radius 1 is 1.30 bits per heavy atom. The Bertz CT molecular complexity index is 451. The van der Waals surface area contributed by atoms with Crippen molar-refractivity contribution in [3.8, 4) is 0 Å². The van der Waals surface area contributed by atoms with Gasteiger partial charge in [0.05, 0.1) is 23.8 Å². The molecule has 1 saturated heterocycles. The largest absolute Gasteiger partial charge is 0.386 e. The Morgan fingerprint density at radius 3 is 2.45 bits per heavy atom. The Labute approximate surface area is 125 Å². The van der Waals surface area contributed by atoms with Crippen LogP contribution in [0.4, 0.5) is 5.69 Å². The van der Waals surface area contributed by atoms with Crippen molar-refractivity contribution in [1.29, 1.82) is 0 Å². The van der Waals surface area contributed by atoms with Crippen molar-refractivity contribution in [3.05, 3.63) is 29.8 Å². The van der Waals surface area contributed by atoms with Crippen LogP contribution in [0.3, 0.4) is 0 Å². The molecule has 2 rings (SSSR count). The van der Waals surface area contributed by atoms with Crippen molar-refractivity contribution < 1.29 is 4.74 Å². The average molecular weight is 296 g/mol. The summed E-state index contributed by atoms with van der Waals surface area (Å²) in [6.45, 7) is 7.13. The van der Waals surface area contributed by atoms with Gasteiger partial charge < -0.3 is 10.5 Å². The van der Waals surface area contributed by atoms with Gasteiger partial charge in [-0.3, -0.25) is 4.90 Å². The maximum atomic E-state index is 5.74. The van der Waals surface area contributed by atoms with Gasteiger partial charge in [0.2, 0.25) is 0 Å². The van der Waals surface area contributed by atoms with Gasteiger partial charge in [-0.2, -0.15) is 0 Å². The molecule has 1 fully saturated rings. The molecule has 0 spiro atoms. The molecule has 1 aromatic carbocycles. The predicted octanol–water partition coefficient (Wildman–Crippen LogP) is 2.52. The number of benzene rings is 1. The molecule has 20 heavy (non-hydrogen) atoms. The lowest BCUT2D eigenvalue weighted by molar-refractivity contribution is -0.0704. The van der Waals surface area contributed by atoms with E-state index in [9.17, 15) is 0 Å². The van der Waals surface area contributed by atoms with E-state index in [-0.39, 0.29) is 5.88 Å². The van der Waals surface area contributed by atoms with Gasteiger partial charge in [0.1, 0.15) is 5.84 Å². The third-order valence-electron chi connectivity index (χ3n) is 3.25. The lowest BCUT2D eigenvalue weighted by Gasteiger charge is -2.35. The Hall–Kier alpha value is -1.10. The van der Waals surface area contributed by atoms with Crippen LogP contribution in [-0.2, 0) is 11.3 Å². The highest BCUT2D eigenvalue weighted by atomic mass is 35.5. The van der Waals surface area contributed by atoms with E-state index in [1.807, 2.05) is 12.1 Å². The van der Waals surface area contributed by atoms with E-state index < -0.39 is 0 Å². The number of morpholine rings is 1. The van der Waals surface area contributed by atoms with Crippen molar-refractivity contribution >= 4 is 23.1 Å². The molecule has 2 unspecified atom stereocenters. The molecule has 0 amide bonds. The molecule has 0 radical (unpaired) electrons. The Morgan fingerprint density at radius 2 is 1.90 bits per heavy atom. The van der Waals surface area contributed by atoms with Crippen molar-refractivity contribution in [1.82, 2.24) is 4.90 Å². The summed E-state index contributed by atoms with van der Waals surface area (Å²) in [5, 5.41) is 0. The van der Waals surface area contributed by atoms with E-state index in [0.29, 0.717) is 18.0 Å². The minimum Gasteiger partial charge on any atom is -0.386 e. The van der Waals surface area contributed by atoms with Crippen LogP contribution in [0.15, 0.2) is 29.3 Å². The van der Waals surface area contributed by atoms with E-state index in [2.05, 4.69) is 35.9 Å². The summed E-state index contributed by atoms with van der Waals surface area (Å²) in [4.78, 5) is 6.64. The van der Waals surface area contributed by atoms with Crippen LogP contribution < -0.4 is 5.73 Å². The predicted molar refractivity (Wildman–Crippen MR) is 83.7 cm³/mol. The standard InChI is InChI=1S/C15H22ClN3O/c1-11-8-19(9-12(2)20-11)10-13-3-5-14(6-4-13)18-15(17)7-16/h3-6,11-12H,7-10H2,1-2H3,(H2,17,18). The number of amidine groups is 1. The second kappa shape index (κ2) is 7.07. The highest BCUT2D eigenvalue weighted by Crippen LogP contribution is 2.17. The lowest BCUT2D eigenvalue weighted by atomic mass is 10.1. The minimum atomic E-state index is 0.255. The molecule has 1 aromatic rings. The summed E-state index contributed by atoms with van der Waals surface area (Å²) in [5.74, 6) is 0.695. The smallest absolute Gasteiger partial charge is 0.115 e. The molecule has 5 heteroatoms. The fourth-order valence-electron chi connectivity index (χ4n) is 2.54. The topological polar surface area (TPSA) is 50.8 Å².